The normalized spacial score (nSPS) is 11.8. The number of amides is 1. The molecule has 1 N–H and O–H groups in total. The number of non-ortho nitro benzene ring substituents is 1. The molecule has 0 bridgehead atoms. The van der Waals surface area contributed by atoms with Gasteiger partial charge in [0.15, 0.2) is 0 Å². The van der Waals surface area contributed by atoms with Gasteiger partial charge >= 0.3 is 5.97 Å². The van der Waals surface area contributed by atoms with E-state index < -0.39 is 16.9 Å². The topological polar surface area (TPSA) is 98.5 Å². The van der Waals surface area contributed by atoms with Crippen molar-refractivity contribution in [2.75, 3.05) is 0 Å². The highest BCUT2D eigenvalue weighted by molar-refractivity contribution is 6.08. The van der Waals surface area contributed by atoms with Crippen molar-refractivity contribution in [3.63, 3.8) is 0 Å². The van der Waals surface area contributed by atoms with Crippen LogP contribution in [-0.2, 0) is 16.0 Å². The zero-order valence-corrected chi connectivity index (χ0v) is 16.7. The Morgan fingerprint density at radius 3 is 2.33 bits per heavy atom. The van der Waals surface area contributed by atoms with E-state index in [9.17, 15) is 19.7 Å². The molecule has 1 atom stereocenters. The summed E-state index contributed by atoms with van der Waals surface area (Å²) in [5, 5.41) is 15.3. The molecule has 0 aliphatic heterocycles. The molecule has 0 fully saturated rings. The number of ether oxygens (including phenoxy) is 1. The lowest BCUT2D eigenvalue weighted by atomic mass is 10.0. The summed E-state index contributed by atoms with van der Waals surface area (Å²) >= 11 is 0. The number of hydrogen-bond acceptors (Lipinski definition) is 5. The lowest BCUT2D eigenvalue weighted by molar-refractivity contribution is -0.384. The highest BCUT2D eigenvalue weighted by Crippen LogP contribution is 2.19. The molecule has 0 unspecified atom stereocenters. The molecule has 0 saturated carbocycles. The summed E-state index contributed by atoms with van der Waals surface area (Å²) in [4.78, 5) is 36.0. The second-order valence-corrected chi connectivity index (χ2v) is 7.17. The quantitative estimate of drug-likeness (QED) is 0.363. The fraction of sp³-hybridized carbons (Fsp3) is 0.217. The van der Waals surface area contributed by atoms with Gasteiger partial charge < -0.3 is 10.1 Å². The minimum absolute atomic E-state index is 0.0418. The van der Waals surface area contributed by atoms with Crippen LogP contribution in [-0.4, -0.2) is 28.9 Å². The molecule has 0 aliphatic carbocycles. The molecule has 0 aromatic heterocycles. The highest BCUT2D eigenvalue weighted by atomic mass is 16.6. The van der Waals surface area contributed by atoms with Gasteiger partial charge in [0.05, 0.1) is 11.0 Å². The molecule has 1 amide bonds. The molecule has 3 aromatic rings. The van der Waals surface area contributed by atoms with Gasteiger partial charge in [-0.3, -0.25) is 14.9 Å². The maximum Gasteiger partial charge on any atom is 0.329 e. The maximum atomic E-state index is 13.0. The summed E-state index contributed by atoms with van der Waals surface area (Å²) in [5.41, 5.74) is 1.09. The van der Waals surface area contributed by atoms with Crippen molar-refractivity contribution in [2.45, 2.75) is 32.4 Å². The predicted octanol–water partition coefficient (Wildman–Crippen LogP) is 4.04. The van der Waals surface area contributed by atoms with Crippen LogP contribution in [0, 0.1) is 10.1 Å². The third-order valence-corrected chi connectivity index (χ3v) is 4.56. The molecule has 0 aliphatic rings. The lowest BCUT2D eigenvalue weighted by Gasteiger charge is -2.20. The van der Waals surface area contributed by atoms with E-state index in [0.717, 1.165) is 10.8 Å². The Kier molecular flexibility index (Phi) is 6.41. The first-order chi connectivity index (χ1) is 14.3. The number of nitro benzene ring substituents is 1. The number of nitrogens with one attached hydrogen (secondary N) is 1. The second-order valence-electron chi connectivity index (χ2n) is 7.17. The Labute approximate surface area is 173 Å². The van der Waals surface area contributed by atoms with Crippen molar-refractivity contribution in [2.24, 2.45) is 0 Å². The van der Waals surface area contributed by atoms with Gasteiger partial charge in [0.1, 0.15) is 6.04 Å². The summed E-state index contributed by atoms with van der Waals surface area (Å²) in [5.74, 6) is -0.948. The molecular formula is C23H22N2O5. The van der Waals surface area contributed by atoms with Crippen LogP contribution in [0.2, 0.25) is 0 Å². The highest BCUT2D eigenvalue weighted by Gasteiger charge is 2.25. The van der Waals surface area contributed by atoms with Crippen LogP contribution < -0.4 is 5.32 Å². The van der Waals surface area contributed by atoms with Gasteiger partial charge in [-0.1, -0.05) is 48.5 Å². The Morgan fingerprint density at radius 1 is 1.00 bits per heavy atom. The molecular weight excluding hydrogens is 384 g/mol. The fourth-order valence-corrected chi connectivity index (χ4v) is 3.16. The van der Waals surface area contributed by atoms with Crippen LogP contribution in [0.5, 0.6) is 0 Å². The molecule has 7 nitrogen and oxygen atoms in total. The SMILES string of the molecule is CC(C)OC(=O)[C@H](Cc1ccc([N+](=O)[O-])cc1)NC(=O)c1cccc2ccccc12. The molecule has 154 valence electrons. The van der Waals surface area contributed by atoms with Gasteiger partial charge in [-0.25, -0.2) is 4.79 Å². The minimum Gasteiger partial charge on any atom is -0.461 e. The molecule has 30 heavy (non-hydrogen) atoms. The zero-order valence-electron chi connectivity index (χ0n) is 16.7. The Hall–Kier alpha value is -3.74. The molecule has 0 heterocycles. The standard InChI is InChI=1S/C23H22N2O5/c1-15(2)30-23(27)21(14-16-10-12-18(13-11-16)25(28)29)24-22(26)20-9-5-7-17-6-3-4-8-19(17)20/h3-13,15,21H,14H2,1-2H3,(H,24,26)/t21-/m0/s1. The van der Waals surface area contributed by atoms with Crippen molar-refractivity contribution in [1.82, 2.24) is 5.32 Å². The van der Waals surface area contributed by atoms with Gasteiger partial charge in [-0.2, -0.15) is 0 Å². The van der Waals surface area contributed by atoms with Gasteiger partial charge in [0, 0.05) is 24.1 Å². The van der Waals surface area contributed by atoms with Crippen molar-refractivity contribution in [3.05, 3.63) is 88.0 Å². The molecule has 0 saturated heterocycles. The van der Waals surface area contributed by atoms with Gasteiger partial charge in [-0.05, 0) is 36.2 Å². The second kappa shape index (κ2) is 9.17. The summed E-state index contributed by atoms with van der Waals surface area (Å²) in [6.07, 6.45) is -0.189. The number of esters is 1. The predicted molar refractivity (Wildman–Crippen MR) is 113 cm³/mol. The Bertz CT molecular complexity index is 1070. The number of carbonyl (C=O) groups excluding carboxylic acids is 2. The van der Waals surface area contributed by atoms with Crippen LogP contribution in [0.25, 0.3) is 10.8 Å². The zero-order chi connectivity index (χ0) is 21.7. The number of nitrogens with zero attached hydrogens (tertiary/aromatic N) is 1. The van der Waals surface area contributed by atoms with E-state index in [4.69, 9.17) is 4.74 Å². The third-order valence-electron chi connectivity index (χ3n) is 4.56. The summed E-state index contributed by atoms with van der Waals surface area (Å²) in [6, 6.07) is 17.8. The third kappa shape index (κ3) is 5.00. The Balaban J connectivity index is 1.85. The summed E-state index contributed by atoms with van der Waals surface area (Å²) in [6.45, 7) is 3.46. The van der Waals surface area contributed by atoms with Crippen molar-refractivity contribution < 1.29 is 19.2 Å². The Morgan fingerprint density at radius 2 is 1.67 bits per heavy atom. The van der Waals surface area contributed by atoms with E-state index in [1.807, 2.05) is 30.3 Å². The maximum absolute atomic E-state index is 13.0. The summed E-state index contributed by atoms with van der Waals surface area (Å²) in [7, 11) is 0. The van der Waals surface area contributed by atoms with Crippen LogP contribution in [0.1, 0.15) is 29.8 Å². The number of carbonyl (C=O) groups is 2. The number of rotatable bonds is 7. The van der Waals surface area contributed by atoms with E-state index in [2.05, 4.69) is 5.32 Å². The van der Waals surface area contributed by atoms with E-state index in [1.165, 1.54) is 12.1 Å². The van der Waals surface area contributed by atoms with Crippen LogP contribution >= 0.6 is 0 Å². The summed E-state index contributed by atoms with van der Waals surface area (Å²) < 4.78 is 5.31. The molecule has 3 aromatic carbocycles. The fourth-order valence-electron chi connectivity index (χ4n) is 3.16. The van der Waals surface area contributed by atoms with Crippen LogP contribution in [0.4, 0.5) is 5.69 Å². The van der Waals surface area contributed by atoms with E-state index in [1.54, 1.807) is 38.1 Å². The van der Waals surface area contributed by atoms with Crippen molar-refractivity contribution in [3.8, 4) is 0 Å². The molecule has 3 rings (SSSR count). The van der Waals surface area contributed by atoms with Crippen molar-refractivity contribution in [1.29, 1.82) is 0 Å². The van der Waals surface area contributed by atoms with Crippen molar-refractivity contribution >= 4 is 28.3 Å². The average molecular weight is 406 g/mol. The van der Waals surface area contributed by atoms with E-state index in [0.29, 0.717) is 11.1 Å². The number of benzene rings is 3. The lowest BCUT2D eigenvalue weighted by Crippen LogP contribution is -2.44. The number of fused-ring (bicyclic) bond motifs is 1. The van der Waals surface area contributed by atoms with Crippen LogP contribution in [0.15, 0.2) is 66.7 Å². The first-order valence-electron chi connectivity index (χ1n) is 9.57. The van der Waals surface area contributed by atoms with Gasteiger partial charge in [-0.15, -0.1) is 0 Å². The van der Waals surface area contributed by atoms with Gasteiger partial charge in [0.25, 0.3) is 11.6 Å². The smallest absolute Gasteiger partial charge is 0.329 e. The monoisotopic (exact) mass is 406 g/mol. The minimum atomic E-state index is -0.930. The first kappa shape index (κ1) is 21.0. The first-order valence-corrected chi connectivity index (χ1v) is 9.57. The molecule has 7 heteroatoms. The largest absolute Gasteiger partial charge is 0.461 e. The average Bonchev–Trinajstić information content (AvgIpc) is 2.72. The van der Waals surface area contributed by atoms with Gasteiger partial charge in [0.2, 0.25) is 0 Å². The van der Waals surface area contributed by atoms with Crippen LogP contribution in [0.3, 0.4) is 0 Å². The number of hydrogen-bond donors (Lipinski definition) is 1. The molecule has 0 radical (unpaired) electrons. The van der Waals surface area contributed by atoms with E-state index >= 15 is 0 Å². The van der Waals surface area contributed by atoms with E-state index in [-0.39, 0.29) is 24.1 Å². The molecule has 0 spiro atoms. The number of nitro groups is 1.